The Hall–Kier alpha value is -3.39. The molecule has 30 heavy (non-hydrogen) atoms. The molecule has 0 saturated heterocycles. The molecular formula is C28H25NO. The molecule has 0 amide bonds. The second kappa shape index (κ2) is 7.79. The van der Waals surface area contributed by atoms with Crippen molar-refractivity contribution in [3.63, 3.8) is 0 Å². The third-order valence-corrected chi connectivity index (χ3v) is 6.20. The van der Waals surface area contributed by atoms with E-state index in [4.69, 9.17) is 10.1 Å². The number of rotatable bonds is 6. The monoisotopic (exact) mass is 391 g/mol. The van der Waals surface area contributed by atoms with E-state index < -0.39 is 0 Å². The van der Waals surface area contributed by atoms with E-state index in [9.17, 15) is 0 Å². The molecule has 148 valence electrons. The van der Waals surface area contributed by atoms with Gasteiger partial charge in [-0.25, -0.2) is 0 Å². The Kier molecular flexibility index (Phi) is 4.84. The number of ether oxygens (including phenoxy) is 1. The van der Waals surface area contributed by atoms with Crippen LogP contribution >= 0.6 is 0 Å². The molecule has 0 aliphatic heterocycles. The fourth-order valence-corrected chi connectivity index (χ4v) is 4.39. The molecule has 4 aromatic carbocycles. The summed E-state index contributed by atoms with van der Waals surface area (Å²) in [4.78, 5) is 0. The Balaban J connectivity index is 1.52. The van der Waals surface area contributed by atoms with Gasteiger partial charge in [-0.2, -0.15) is 0 Å². The fourth-order valence-electron chi connectivity index (χ4n) is 4.39. The molecule has 5 rings (SSSR count). The second-order valence-electron chi connectivity index (χ2n) is 8.32. The smallest absolute Gasteiger partial charge is 0.213 e. The van der Waals surface area contributed by atoms with Crippen molar-refractivity contribution in [1.82, 2.24) is 0 Å². The van der Waals surface area contributed by atoms with Crippen molar-refractivity contribution in [2.45, 2.75) is 25.4 Å². The topological polar surface area (TPSA) is 33.1 Å². The van der Waals surface area contributed by atoms with Gasteiger partial charge < -0.3 is 4.74 Å². The predicted octanol–water partition coefficient (Wildman–Crippen LogP) is 6.95. The van der Waals surface area contributed by atoms with Crippen molar-refractivity contribution in [3.8, 4) is 0 Å². The van der Waals surface area contributed by atoms with E-state index in [1.54, 1.807) is 0 Å². The van der Waals surface area contributed by atoms with Gasteiger partial charge in [-0.3, -0.25) is 5.41 Å². The van der Waals surface area contributed by atoms with Crippen molar-refractivity contribution in [1.29, 1.82) is 5.41 Å². The molecular weight excluding hydrogens is 366 g/mol. The summed E-state index contributed by atoms with van der Waals surface area (Å²) in [6.45, 7) is 0. The average Bonchev–Trinajstić information content (AvgIpc) is 3.58. The molecule has 1 atom stereocenters. The Labute approximate surface area is 177 Å². The molecule has 1 fully saturated rings. The predicted molar refractivity (Wildman–Crippen MR) is 123 cm³/mol. The van der Waals surface area contributed by atoms with Gasteiger partial charge in [0.25, 0.3) is 0 Å². The van der Waals surface area contributed by atoms with Crippen LogP contribution in [-0.2, 0) is 11.2 Å². The molecule has 0 heterocycles. The van der Waals surface area contributed by atoms with Crippen LogP contribution in [0.15, 0.2) is 103 Å². The summed E-state index contributed by atoms with van der Waals surface area (Å²) in [6.07, 6.45) is 3.05. The number of hydrogen-bond donors (Lipinski definition) is 1. The third kappa shape index (κ3) is 3.73. The zero-order valence-corrected chi connectivity index (χ0v) is 16.9. The molecule has 0 aromatic heterocycles. The van der Waals surface area contributed by atoms with E-state index in [0.717, 1.165) is 30.4 Å². The molecule has 1 aliphatic rings. The maximum absolute atomic E-state index is 8.64. The van der Waals surface area contributed by atoms with Crippen LogP contribution in [0.25, 0.3) is 10.8 Å². The summed E-state index contributed by atoms with van der Waals surface area (Å²) < 4.78 is 6.45. The molecule has 0 unspecified atom stereocenters. The molecule has 1 aliphatic carbocycles. The largest absolute Gasteiger partial charge is 0.469 e. The van der Waals surface area contributed by atoms with Crippen LogP contribution in [0.5, 0.6) is 0 Å². The lowest BCUT2D eigenvalue weighted by Gasteiger charge is -2.29. The second-order valence-corrected chi connectivity index (χ2v) is 8.32. The quantitative estimate of drug-likeness (QED) is 0.280. The van der Waals surface area contributed by atoms with Gasteiger partial charge in [-0.15, -0.1) is 0 Å². The highest BCUT2D eigenvalue weighted by Gasteiger charge is 2.51. The van der Waals surface area contributed by atoms with Gasteiger partial charge in [0.05, 0.1) is 0 Å². The minimum Gasteiger partial charge on any atom is -0.469 e. The fraction of sp³-hybridized carbons (Fsp3) is 0.179. The zero-order chi connectivity index (χ0) is 20.4. The van der Waals surface area contributed by atoms with Gasteiger partial charge in [0, 0.05) is 11.0 Å². The Morgan fingerprint density at radius 3 is 2.10 bits per heavy atom. The molecule has 0 radical (unpaired) electrons. The number of hydrogen-bond acceptors (Lipinski definition) is 2. The molecule has 2 nitrogen and oxygen atoms in total. The normalized spacial score (nSPS) is 15.5. The minimum absolute atomic E-state index is 0.0326. The van der Waals surface area contributed by atoms with Crippen LogP contribution in [0.1, 0.15) is 35.6 Å². The van der Waals surface area contributed by atoms with Crippen molar-refractivity contribution in [2.24, 2.45) is 5.41 Å². The van der Waals surface area contributed by atoms with Gasteiger partial charge in [0.1, 0.15) is 6.10 Å². The molecule has 1 saturated carbocycles. The first-order valence-corrected chi connectivity index (χ1v) is 10.6. The van der Waals surface area contributed by atoms with E-state index in [1.165, 1.54) is 16.3 Å². The maximum Gasteiger partial charge on any atom is 0.213 e. The summed E-state index contributed by atoms with van der Waals surface area (Å²) in [6, 6.07) is 35.4. The molecule has 1 N–H and O–H groups in total. The number of nitrogens with one attached hydrogen (secondary N) is 1. The zero-order valence-electron chi connectivity index (χ0n) is 16.9. The summed E-state index contributed by atoms with van der Waals surface area (Å²) in [5, 5.41) is 11.1. The molecule has 0 bridgehead atoms. The summed E-state index contributed by atoms with van der Waals surface area (Å²) in [5.74, 6) is 0.244. The first kappa shape index (κ1) is 18.6. The van der Waals surface area contributed by atoms with Crippen LogP contribution < -0.4 is 0 Å². The van der Waals surface area contributed by atoms with Crippen molar-refractivity contribution >= 4 is 16.7 Å². The van der Waals surface area contributed by atoms with Crippen LogP contribution in [0.3, 0.4) is 0 Å². The van der Waals surface area contributed by atoms with Gasteiger partial charge in [0.15, 0.2) is 0 Å². The lowest BCUT2D eigenvalue weighted by Crippen LogP contribution is -2.23. The highest BCUT2D eigenvalue weighted by molar-refractivity contribution is 5.91. The van der Waals surface area contributed by atoms with E-state index >= 15 is 0 Å². The minimum atomic E-state index is -0.144. The van der Waals surface area contributed by atoms with Crippen LogP contribution in [0, 0.1) is 10.8 Å². The third-order valence-electron chi connectivity index (χ3n) is 6.20. The van der Waals surface area contributed by atoms with Gasteiger partial charge in [0.2, 0.25) is 5.90 Å². The number of benzene rings is 4. The van der Waals surface area contributed by atoms with Crippen molar-refractivity contribution < 1.29 is 4.74 Å². The van der Waals surface area contributed by atoms with E-state index in [2.05, 4.69) is 72.8 Å². The average molecular weight is 392 g/mol. The van der Waals surface area contributed by atoms with E-state index in [1.807, 2.05) is 30.3 Å². The molecule has 0 spiro atoms. The van der Waals surface area contributed by atoms with Crippen LogP contribution in [0.4, 0.5) is 0 Å². The maximum atomic E-state index is 8.64. The molecule has 2 heteroatoms. The van der Waals surface area contributed by atoms with Crippen molar-refractivity contribution in [3.05, 3.63) is 120 Å². The number of fused-ring (bicyclic) bond motifs is 1. The highest BCUT2D eigenvalue weighted by Crippen LogP contribution is 2.59. The SMILES string of the molecule is N=C(O[C@@H](c1ccc2ccccc2c1)C1(Cc2ccccc2)CC1)c1ccccc1. The summed E-state index contributed by atoms with van der Waals surface area (Å²) >= 11 is 0. The van der Waals surface area contributed by atoms with Gasteiger partial charge in [-0.1, -0.05) is 84.9 Å². The van der Waals surface area contributed by atoms with E-state index in [0.29, 0.717) is 0 Å². The van der Waals surface area contributed by atoms with Crippen molar-refractivity contribution in [2.75, 3.05) is 0 Å². The lowest BCUT2D eigenvalue weighted by molar-refractivity contribution is 0.106. The first-order valence-electron chi connectivity index (χ1n) is 10.6. The lowest BCUT2D eigenvalue weighted by atomic mass is 9.86. The van der Waals surface area contributed by atoms with E-state index in [-0.39, 0.29) is 17.4 Å². The van der Waals surface area contributed by atoms with Gasteiger partial charge >= 0.3 is 0 Å². The first-order chi connectivity index (χ1) is 14.7. The summed E-state index contributed by atoms with van der Waals surface area (Å²) in [7, 11) is 0. The van der Waals surface area contributed by atoms with Gasteiger partial charge in [-0.05, 0) is 59.4 Å². The summed E-state index contributed by atoms with van der Waals surface area (Å²) in [5.41, 5.74) is 3.34. The Morgan fingerprint density at radius 1 is 0.767 bits per heavy atom. The standard InChI is InChI=1S/C28H25NO/c29-27(23-12-5-2-6-13-23)30-26(25-16-15-22-11-7-8-14-24(22)19-25)28(17-18-28)20-21-9-3-1-4-10-21/h1-16,19,26,29H,17-18,20H2/t26-/m0/s1. The van der Waals surface area contributed by atoms with Crippen LogP contribution in [-0.4, -0.2) is 5.90 Å². The Morgan fingerprint density at radius 2 is 1.40 bits per heavy atom. The Bertz CT molecular complexity index is 1160. The van der Waals surface area contributed by atoms with Crippen LogP contribution in [0.2, 0.25) is 0 Å². The molecule has 4 aromatic rings. The highest BCUT2D eigenvalue weighted by atomic mass is 16.5.